The molecule has 1 heterocycles. The van der Waals surface area contributed by atoms with Gasteiger partial charge in [-0.25, -0.2) is 0 Å². The van der Waals surface area contributed by atoms with Crippen LogP contribution >= 0.6 is 0 Å². The Balaban J connectivity index is 1.96. The van der Waals surface area contributed by atoms with Crippen LogP contribution in [-0.2, 0) is 13.0 Å². The molecule has 6 nitrogen and oxygen atoms in total. The van der Waals surface area contributed by atoms with E-state index in [4.69, 9.17) is 9.52 Å². The molecular weight excluding hydrogens is 256 g/mol. The van der Waals surface area contributed by atoms with Crippen LogP contribution in [0.5, 0.6) is 0 Å². The van der Waals surface area contributed by atoms with Crippen molar-refractivity contribution >= 4 is 11.7 Å². The highest BCUT2D eigenvalue weighted by atomic mass is 16.4. The molecule has 1 aromatic carbocycles. The molecule has 0 saturated heterocycles. The van der Waals surface area contributed by atoms with Crippen LogP contribution in [0.4, 0.5) is 11.7 Å². The smallest absolute Gasteiger partial charge is 0.320 e. The predicted molar refractivity (Wildman–Crippen MR) is 76.8 cm³/mol. The number of aromatic nitrogens is 2. The fourth-order valence-corrected chi connectivity index (χ4v) is 1.82. The number of aryl methyl sites for hydroxylation is 1. The van der Waals surface area contributed by atoms with E-state index in [0.29, 0.717) is 18.5 Å². The monoisotopic (exact) mass is 276 g/mol. The molecule has 0 radical (unpaired) electrons. The first-order valence-corrected chi connectivity index (χ1v) is 6.81. The van der Waals surface area contributed by atoms with Gasteiger partial charge in [-0.1, -0.05) is 24.2 Å². The third kappa shape index (κ3) is 4.32. The molecule has 20 heavy (non-hydrogen) atoms. The second-order valence-electron chi connectivity index (χ2n) is 4.43. The summed E-state index contributed by atoms with van der Waals surface area (Å²) < 4.78 is 5.47. The summed E-state index contributed by atoms with van der Waals surface area (Å²) in [5, 5.41) is 23.0. The Bertz CT molecular complexity index is 527. The second-order valence-corrected chi connectivity index (χ2v) is 4.43. The number of benzene rings is 1. The van der Waals surface area contributed by atoms with Crippen LogP contribution in [-0.4, -0.2) is 28.5 Å². The molecule has 1 aromatic heterocycles. The van der Waals surface area contributed by atoms with E-state index in [0.717, 1.165) is 30.6 Å². The van der Waals surface area contributed by atoms with Crippen molar-refractivity contribution in [2.75, 3.05) is 18.5 Å². The van der Waals surface area contributed by atoms with Crippen molar-refractivity contribution < 1.29 is 9.52 Å². The standard InChI is InChI=1S/C14H20N4O2/c1-2-15-10-13-17-18-14(20-13)16-12-7-3-5-11(9-12)6-4-8-19/h3,5,7,9,15,19H,2,4,6,8,10H2,1H3,(H,16,18). The van der Waals surface area contributed by atoms with E-state index < -0.39 is 0 Å². The summed E-state index contributed by atoms with van der Waals surface area (Å²) in [6, 6.07) is 8.34. The van der Waals surface area contributed by atoms with E-state index >= 15 is 0 Å². The lowest BCUT2D eigenvalue weighted by Gasteiger charge is -2.04. The van der Waals surface area contributed by atoms with Crippen molar-refractivity contribution in [2.24, 2.45) is 0 Å². The Kier molecular flexibility index (Phi) is 5.52. The van der Waals surface area contributed by atoms with E-state index in [-0.39, 0.29) is 6.61 Å². The largest absolute Gasteiger partial charge is 0.406 e. The van der Waals surface area contributed by atoms with Crippen molar-refractivity contribution in [3.63, 3.8) is 0 Å². The maximum Gasteiger partial charge on any atom is 0.320 e. The third-order valence-electron chi connectivity index (χ3n) is 2.79. The zero-order chi connectivity index (χ0) is 14.2. The van der Waals surface area contributed by atoms with Crippen LogP contribution in [0, 0.1) is 0 Å². The maximum absolute atomic E-state index is 8.85. The molecular formula is C14H20N4O2. The van der Waals surface area contributed by atoms with Crippen LogP contribution in [0.15, 0.2) is 28.7 Å². The first-order valence-electron chi connectivity index (χ1n) is 6.81. The molecule has 0 aliphatic carbocycles. The topological polar surface area (TPSA) is 83.2 Å². The summed E-state index contributed by atoms with van der Waals surface area (Å²) in [6.45, 7) is 3.66. The van der Waals surface area contributed by atoms with Gasteiger partial charge in [0.25, 0.3) is 0 Å². The van der Waals surface area contributed by atoms with Gasteiger partial charge >= 0.3 is 6.01 Å². The Morgan fingerprint density at radius 2 is 2.20 bits per heavy atom. The number of hydrogen-bond donors (Lipinski definition) is 3. The summed E-state index contributed by atoms with van der Waals surface area (Å²) >= 11 is 0. The van der Waals surface area contributed by atoms with Gasteiger partial charge in [0.15, 0.2) is 0 Å². The number of anilines is 2. The Morgan fingerprint density at radius 3 is 3.00 bits per heavy atom. The van der Waals surface area contributed by atoms with Crippen molar-refractivity contribution in [3.05, 3.63) is 35.7 Å². The van der Waals surface area contributed by atoms with Gasteiger partial charge in [-0.15, -0.1) is 5.10 Å². The maximum atomic E-state index is 8.85. The molecule has 0 atom stereocenters. The lowest BCUT2D eigenvalue weighted by molar-refractivity contribution is 0.288. The Morgan fingerprint density at radius 1 is 1.30 bits per heavy atom. The van der Waals surface area contributed by atoms with Gasteiger partial charge in [-0.2, -0.15) is 0 Å². The SMILES string of the molecule is CCNCc1nnc(Nc2cccc(CCCO)c2)o1. The highest BCUT2D eigenvalue weighted by Gasteiger charge is 2.05. The summed E-state index contributed by atoms with van der Waals surface area (Å²) in [6.07, 6.45) is 1.61. The van der Waals surface area contributed by atoms with Gasteiger partial charge < -0.3 is 20.2 Å². The van der Waals surface area contributed by atoms with Gasteiger partial charge in [-0.3, -0.25) is 0 Å². The number of nitrogens with zero attached hydrogens (tertiary/aromatic N) is 2. The van der Waals surface area contributed by atoms with E-state index in [1.165, 1.54) is 0 Å². The Hall–Kier alpha value is -1.92. The van der Waals surface area contributed by atoms with Crippen molar-refractivity contribution in [3.8, 4) is 0 Å². The Labute approximate surface area is 118 Å². The van der Waals surface area contributed by atoms with Gasteiger partial charge in [0.1, 0.15) is 0 Å². The normalized spacial score (nSPS) is 10.7. The number of nitrogens with one attached hydrogen (secondary N) is 2. The van der Waals surface area contributed by atoms with Crippen molar-refractivity contribution in [2.45, 2.75) is 26.3 Å². The summed E-state index contributed by atoms with van der Waals surface area (Å²) in [4.78, 5) is 0. The molecule has 0 aliphatic heterocycles. The molecule has 0 aliphatic rings. The van der Waals surface area contributed by atoms with Crippen LogP contribution < -0.4 is 10.6 Å². The molecule has 0 saturated carbocycles. The number of rotatable bonds is 8. The second kappa shape index (κ2) is 7.62. The van der Waals surface area contributed by atoms with E-state index in [2.05, 4.69) is 20.8 Å². The fraction of sp³-hybridized carbons (Fsp3) is 0.429. The third-order valence-corrected chi connectivity index (χ3v) is 2.79. The van der Waals surface area contributed by atoms with Crippen molar-refractivity contribution in [1.82, 2.24) is 15.5 Å². The minimum atomic E-state index is 0.203. The lowest BCUT2D eigenvalue weighted by Crippen LogP contribution is -2.11. The average Bonchev–Trinajstić information content (AvgIpc) is 2.91. The van der Waals surface area contributed by atoms with E-state index in [1.807, 2.05) is 31.2 Å². The van der Waals surface area contributed by atoms with Gasteiger partial charge in [0.2, 0.25) is 5.89 Å². The van der Waals surface area contributed by atoms with E-state index in [9.17, 15) is 0 Å². The molecule has 2 rings (SSSR count). The number of aliphatic hydroxyl groups excluding tert-OH is 1. The lowest BCUT2D eigenvalue weighted by atomic mass is 10.1. The quantitative estimate of drug-likeness (QED) is 0.682. The first-order chi connectivity index (χ1) is 9.81. The van der Waals surface area contributed by atoms with Gasteiger partial charge in [0.05, 0.1) is 6.54 Å². The number of hydrogen-bond acceptors (Lipinski definition) is 6. The molecule has 0 amide bonds. The molecule has 0 bridgehead atoms. The molecule has 0 fully saturated rings. The van der Waals surface area contributed by atoms with Crippen LogP contribution in [0.25, 0.3) is 0 Å². The molecule has 3 N–H and O–H groups in total. The highest BCUT2D eigenvalue weighted by molar-refractivity contribution is 5.53. The zero-order valence-corrected chi connectivity index (χ0v) is 11.6. The molecule has 6 heteroatoms. The number of aliphatic hydroxyl groups is 1. The van der Waals surface area contributed by atoms with Crippen LogP contribution in [0.2, 0.25) is 0 Å². The minimum Gasteiger partial charge on any atom is -0.406 e. The predicted octanol–water partition coefficient (Wildman–Crippen LogP) is 1.85. The zero-order valence-electron chi connectivity index (χ0n) is 11.6. The van der Waals surface area contributed by atoms with Crippen LogP contribution in [0.3, 0.4) is 0 Å². The molecule has 2 aromatic rings. The molecule has 0 spiro atoms. The van der Waals surface area contributed by atoms with Crippen LogP contribution in [0.1, 0.15) is 24.8 Å². The summed E-state index contributed by atoms with van der Waals surface area (Å²) in [5.74, 6) is 0.561. The molecule has 108 valence electrons. The highest BCUT2D eigenvalue weighted by Crippen LogP contribution is 2.17. The summed E-state index contributed by atoms with van der Waals surface area (Å²) in [5.41, 5.74) is 2.07. The minimum absolute atomic E-state index is 0.203. The fourth-order valence-electron chi connectivity index (χ4n) is 1.82. The van der Waals surface area contributed by atoms with Crippen molar-refractivity contribution in [1.29, 1.82) is 0 Å². The van der Waals surface area contributed by atoms with Gasteiger partial charge in [-0.05, 0) is 37.1 Å². The first kappa shape index (κ1) is 14.5. The van der Waals surface area contributed by atoms with E-state index in [1.54, 1.807) is 0 Å². The summed E-state index contributed by atoms with van der Waals surface area (Å²) in [7, 11) is 0. The molecule has 0 unspecified atom stereocenters. The average molecular weight is 276 g/mol. The van der Waals surface area contributed by atoms with Gasteiger partial charge in [0, 0.05) is 12.3 Å².